The number of hydrogen-bond acceptors (Lipinski definition) is 26. The van der Waals surface area contributed by atoms with E-state index < -0.39 is 263 Å². The van der Waals surface area contributed by atoms with Crippen LogP contribution in [0.25, 0.3) is 0 Å². The standard InChI is InChI=1S/C86H141N10O30P/c1-3-5-7-9-11-13-15-17-19-21-23-25-27-29-31-41-85(119)123-64-71(126-86(120)42-32-30-28-26-24-22-20-18-16-14-12-10-8-6-4-2)65-125-127(121,122)124-50-36-39-66(97)37-33-34-40-72(102)89-52-67(98)44-47-78(108)94(61-82(113)114)57-70(101)43-46-73(103)91-54-79(109)95(62-83(115)116)58-75(105)88-49-35-38-69(100)56-93(60-81(111)112)77(107)48-45-68(99)53-90-76(106)59-96(63-84(117)118)80(110)55-92-74(104)51-87/h17-20,71H,3-16,21-65,87H2,1-2H3,(H,88,105)(H,89,102)(H,90,106)(H,91,103)(H,92,104)(H,111,112)(H,113,114)(H,115,116)(H,117,118)(H,121,122)/b19-17+,20-18+. The maximum Gasteiger partial charge on any atom is 0.472 e. The van der Waals surface area contributed by atoms with Crippen molar-refractivity contribution in [2.24, 2.45) is 5.73 Å². The summed E-state index contributed by atoms with van der Waals surface area (Å²) < 4.78 is 34.2. The monoisotopic (exact) mass is 1820 g/mol. The highest BCUT2D eigenvalue weighted by Gasteiger charge is 2.29. The molecule has 0 saturated heterocycles. The number of allylic oxidation sites excluding steroid dienone is 4. The summed E-state index contributed by atoms with van der Waals surface area (Å²) in [6.07, 6.45) is 33.0. The SMILES string of the molecule is CCCCCCCC/C=C/CCCCCCCC(=O)OCC(COP(=O)(O)OCCCC(=O)CCCCC(=O)NCC(=O)CCC(=O)N(CC(=O)O)CC(=O)CCC(=O)NCC(=O)N(CC(=O)O)CC(=O)NCCCC(=O)CN(CC(=O)O)C(=O)CCC(=O)CNC(=O)CN(CC(=O)O)C(=O)CNC(=O)CN)OC(=O)CCCCCCC/C=C/CCCCCCCC. The Bertz CT molecular complexity index is 3540. The average molecular weight is 1830 g/mol. The van der Waals surface area contributed by atoms with Gasteiger partial charge in [-0.25, -0.2) is 4.57 Å². The zero-order chi connectivity index (χ0) is 94.8. The Morgan fingerprint density at radius 2 is 0.677 bits per heavy atom. The molecule has 0 fully saturated rings. The molecule has 2 unspecified atom stereocenters. The van der Waals surface area contributed by atoms with E-state index in [1.807, 2.05) is 0 Å². The third-order valence-electron chi connectivity index (χ3n) is 19.4. The molecule has 0 heterocycles. The van der Waals surface area contributed by atoms with E-state index in [1.165, 1.54) is 77.0 Å². The maximum atomic E-state index is 13.1. The number of nitrogens with one attached hydrogen (secondary N) is 5. The molecule has 12 N–H and O–H groups in total. The molecule has 9 amide bonds. The molecule has 0 bridgehead atoms. The highest BCUT2D eigenvalue weighted by atomic mass is 31.2. The summed E-state index contributed by atoms with van der Waals surface area (Å²) in [4.78, 5) is 261. The molecule has 0 aliphatic heterocycles. The highest BCUT2D eigenvalue weighted by molar-refractivity contribution is 7.47. The van der Waals surface area contributed by atoms with E-state index in [-0.39, 0.29) is 83.1 Å². The summed E-state index contributed by atoms with van der Waals surface area (Å²) in [5.41, 5.74) is 5.15. The highest BCUT2D eigenvalue weighted by Crippen LogP contribution is 2.43. The molecule has 0 aliphatic carbocycles. The molecule has 0 aromatic carbocycles. The third kappa shape index (κ3) is 70.7. The number of unbranched alkanes of at least 4 members (excludes halogenated alkanes) is 23. The summed E-state index contributed by atoms with van der Waals surface area (Å²) in [6, 6.07) is 0. The van der Waals surface area contributed by atoms with Crippen molar-refractivity contribution >= 4 is 126 Å². The second-order valence-electron chi connectivity index (χ2n) is 30.9. The zero-order valence-corrected chi connectivity index (χ0v) is 75.3. The summed E-state index contributed by atoms with van der Waals surface area (Å²) in [5.74, 6) is -18.4. The topological polar surface area (TPSA) is 596 Å². The van der Waals surface area contributed by atoms with Gasteiger partial charge in [0.25, 0.3) is 0 Å². The lowest BCUT2D eigenvalue weighted by molar-refractivity contribution is -0.161. The molecule has 127 heavy (non-hydrogen) atoms. The molecule has 40 nitrogen and oxygen atoms in total. The Kier molecular flexibility index (Phi) is 69.0. The number of carboxylic acid groups (broad SMARTS) is 4. The average Bonchev–Trinajstić information content (AvgIpc) is 0.918. The number of rotatable bonds is 84. The Hall–Kier alpha value is -10.1. The van der Waals surface area contributed by atoms with E-state index in [2.05, 4.69) is 64.7 Å². The van der Waals surface area contributed by atoms with Crippen molar-refractivity contribution in [1.29, 1.82) is 0 Å². The van der Waals surface area contributed by atoms with Crippen molar-refractivity contribution in [3.8, 4) is 0 Å². The van der Waals surface area contributed by atoms with Crippen LogP contribution in [0.4, 0.5) is 0 Å². The van der Waals surface area contributed by atoms with Crippen molar-refractivity contribution in [1.82, 2.24) is 46.2 Å². The molecule has 0 aliphatic rings. The lowest BCUT2D eigenvalue weighted by atomic mass is 10.1. The minimum atomic E-state index is -4.75. The number of phosphoric ester groups is 1. The van der Waals surface area contributed by atoms with Crippen LogP contribution in [0.2, 0.25) is 0 Å². The van der Waals surface area contributed by atoms with Crippen LogP contribution >= 0.6 is 7.82 Å². The van der Waals surface area contributed by atoms with E-state index in [0.717, 1.165) is 77.0 Å². The number of aliphatic carboxylic acids is 4. The second-order valence-corrected chi connectivity index (χ2v) is 32.4. The van der Waals surface area contributed by atoms with E-state index in [0.29, 0.717) is 32.4 Å². The Morgan fingerprint density at radius 3 is 1.13 bits per heavy atom. The first-order valence-electron chi connectivity index (χ1n) is 44.5. The van der Waals surface area contributed by atoms with Crippen LogP contribution in [0.3, 0.4) is 0 Å². The largest absolute Gasteiger partial charge is 0.480 e. The molecule has 720 valence electrons. The van der Waals surface area contributed by atoms with Gasteiger partial charge in [0.2, 0.25) is 53.2 Å². The molecule has 0 aromatic rings. The maximum absolute atomic E-state index is 13.1. The molecule has 0 spiro atoms. The molecular formula is C86H141N10O30P. The third-order valence-corrected chi connectivity index (χ3v) is 20.3. The first-order valence-corrected chi connectivity index (χ1v) is 45.9. The van der Waals surface area contributed by atoms with E-state index >= 15 is 0 Å². The van der Waals surface area contributed by atoms with Gasteiger partial charge < -0.3 is 86.7 Å². The van der Waals surface area contributed by atoms with Gasteiger partial charge in [-0.3, -0.25) is 105 Å². The zero-order valence-electron chi connectivity index (χ0n) is 74.4. The van der Waals surface area contributed by atoms with E-state index in [1.54, 1.807) is 0 Å². The normalized spacial score (nSPS) is 11.8. The lowest BCUT2D eigenvalue weighted by Gasteiger charge is -2.21. The number of amides is 9. The number of nitrogens with two attached hydrogens (primary N) is 1. The summed E-state index contributed by atoms with van der Waals surface area (Å²) >= 11 is 0. The van der Waals surface area contributed by atoms with Gasteiger partial charge in [0.15, 0.2) is 29.2 Å². The number of esters is 2. The van der Waals surface area contributed by atoms with Gasteiger partial charge in [-0.15, -0.1) is 0 Å². The number of carbonyl (C=O) groups is 20. The quantitative estimate of drug-likeness (QED) is 0.0141. The van der Waals surface area contributed by atoms with Crippen molar-refractivity contribution in [2.75, 3.05) is 111 Å². The number of Topliss-reactive ketones (excluding diaryl/α,β-unsaturated/α-hetero) is 5. The fraction of sp³-hybridized carbons (Fsp3) is 0.721. The number of ketones is 5. The van der Waals surface area contributed by atoms with Gasteiger partial charge in [-0.2, -0.15) is 0 Å². The van der Waals surface area contributed by atoms with Gasteiger partial charge in [-0.1, -0.05) is 141 Å². The van der Waals surface area contributed by atoms with Gasteiger partial charge in [0.1, 0.15) is 51.7 Å². The van der Waals surface area contributed by atoms with Crippen molar-refractivity contribution in [3.63, 3.8) is 0 Å². The van der Waals surface area contributed by atoms with Crippen molar-refractivity contribution in [2.45, 2.75) is 290 Å². The molecule has 41 heteroatoms. The predicted octanol–water partition coefficient (Wildman–Crippen LogP) is 6.15. The molecular weight excluding hydrogens is 1680 g/mol. The lowest BCUT2D eigenvalue weighted by Crippen LogP contribution is -2.48. The first-order chi connectivity index (χ1) is 60.6. The van der Waals surface area contributed by atoms with Gasteiger partial charge in [-0.05, 0) is 89.9 Å². The summed E-state index contributed by atoms with van der Waals surface area (Å²) in [7, 11) is -4.75. The number of carboxylic acids is 4. The van der Waals surface area contributed by atoms with Crippen LogP contribution in [0.5, 0.6) is 0 Å². The van der Waals surface area contributed by atoms with Crippen LogP contribution in [0, 0.1) is 0 Å². The Morgan fingerprint density at radius 1 is 0.323 bits per heavy atom. The van der Waals surface area contributed by atoms with E-state index in [9.17, 15) is 121 Å². The summed E-state index contributed by atoms with van der Waals surface area (Å²) in [6.45, 7) is -7.64. The van der Waals surface area contributed by atoms with E-state index in [4.69, 9.17) is 29.4 Å². The number of ether oxygens (including phenoxy) is 2. The fourth-order valence-corrected chi connectivity index (χ4v) is 13.1. The van der Waals surface area contributed by atoms with Crippen molar-refractivity contribution < 1.29 is 144 Å². The predicted molar refractivity (Wildman–Crippen MR) is 462 cm³/mol. The number of hydrogen-bond donors (Lipinski definition) is 11. The van der Waals surface area contributed by atoms with Gasteiger partial charge in [0, 0.05) is 83.6 Å². The fourth-order valence-electron chi connectivity index (χ4n) is 12.3. The first kappa shape index (κ1) is 117. The minimum Gasteiger partial charge on any atom is -0.480 e. The van der Waals surface area contributed by atoms with Gasteiger partial charge in [0.05, 0.1) is 59.0 Å². The molecule has 0 rings (SSSR count). The number of nitrogens with zero attached hydrogens (tertiary/aromatic N) is 4. The van der Waals surface area contributed by atoms with Crippen LogP contribution in [-0.2, 0) is 119 Å². The minimum absolute atomic E-state index is 0.0278. The Labute approximate surface area is 744 Å². The smallest absolute Gasteiger partial charge is 0.472 e. The van der Waals surface area contributed by atoms with Crippen LogP contribution < -0.4 is 32.3 Å². The second kappa shape index (κ2) is 75.0. The Balaban J connectivity index is 5.01. The number of carbonyl (C=O) groups excluding carboxylic acids is 16. The molecule has 0 saturated carbocycles. The van der Waals surface area contributed by atoms with Crippen molar-refractivity contribution in [3.05, 3.63) is 24.3 Å². The van der Waals surface area contributed by atoms with Crippen LogP contribution in [0.15, 0.2) is 24.3 Å². The molecule has 0 radical (unpaired) electrons. The number of phosphoric acid groups is 1. The molecule has 0 aromatic heterocycles. The van der Waals surface area contributed by atoms with Crippen LogP contribution in [0.1, 0.15) is 284 Å². The molecule has 2 atom stereocenters. The summed E-state index contributed by atoms with van der Waals surface area (Å²) in [5, 5.41) is 48.6. The van der Waals surface area contributed by atoms with Gasteiger partial charge >= 0.3 is 43.6 Å². The van der Waals surface area contributed by atoms with Crippen LogP contribution in [-0.4, -0.2) is 280 Å².